The van der Waals surface area contributed by atoms with Gasteiger partial charge in [0.25, 0.3) is 5.91 Å². The number of ketones is 1. The number of anilines is 1. The van der Waals surface area contributed by atoms with Crippen molar-refractivity contribution in [2.24, 2.45) is 0 Å². The fraction of sp³-hybridized carbons (Fsp3) is 0.333. The van der Waals surface area contributed by atoms with Crippen LogP contribution in [-0.4, -0.2) is 27.9 Å². The molecule has 7 nitrogen and oxygen atoms in total. The minimum Gasteiger partial charge on any atom is -0.489 e. The van der Waals surface area contributed by atoms with Crippen molar-refractivity contribution >= 4 is 28.2 Å². The number of hydrogen-bond donors (Lipinski definition) is 0. The van der Waals surface area contributed by atoms with Crippen molar-refractivity contribution in [2.45, 2.75) is 46.3 Å². The van der Waals surface area contributed by atoms with Crippen LogP contribution >= 0.6 is 11.3 Å². The first-order valence-electron chi connectivity index (χ1n) is 9.50. The molecule has 1 fully saturated rings. The molecule has 0 spiro atoms. The Hall–Kier alpha value is -3.07. The number of benzene rings is 1. The van der Waals surface area contributed by atoms with Crippen molar-refractivity contribution in [1.29, 1.82) is 0 Å². The molecule has 1 saturated carbocycles. The van der Waals surface area contributed by atoms with Crippen LogP contribution in [0.4, 0.5) is 9.52 Å². The zero-order valence-electron chi connectivity index (χ0n) is 16.8. The summed E-state index contributed by atoms with van der Waals surface area (Å²) < 4.78 is 24.1. The van der Waals surface area contributed by atoms with E-state index in [1.54, 1.807) is 18.7 Å². The van der Waals surface area contributed by atoms with Crippen molar-refractivity contribution in [2.75, 3.05) is 4.90 Å². The van der Waals surface area contributed by atoms with Crippen LogP contribution in [0.2, 0.25) is 0 Å². The van der Waals surface area contributed by atoms with E-state index < -0.39 is 0 Å². The van der Waals surface area contributed by atoms with E-state index in [9.17, 15) is 14.0 Å². The Morgan fingerprint density at radius 1 is 1.27 bits per heavy atom. The van der Waals surface area contributed by atoms with Gasteiger partial charge in [0.1, 0.15) is 23.9 Å². The number of rotatable bonds is 7. The second kappa shape index (κ2) is 7.98. The Morgan fingerprint density at radius 2 is 1.97 bits per heavy atom. The Kier molecular flexibility index (Phi) is 5.38. The Balaban J connectivity index is 1.61. The standard InChI is InChI=1S/C21H20FN3O4S/c1-11-19(12(2)26)30-21(23-11)25(15-6-7-15)20(27)18-17(13(3)29-24-18)10-28-16-8-4-14(22)5-9-16/h4-5,8-9,15H,6-7,10H2,1-3H3. The molecular formula is C21H20FN3O4S. The van der Waals surface area contributed by atoms with Crippen molar-refractivity contribution < 1.29 is 23.2 Å². The summed E-state index contributed by atoms with van der Waals surface area (Å²) in [7, 11) is 0. The van der Waals surface area contributed by atoms with Crippen molar-refractivity contribution in [3.63, 3.8) is 0 Å². The maximum Gasteiger partial charge on any atom is 0.282 e. The summed E-state index contributed by atoms with van der Waals surface area (Å²) in [5, 5.41) is 4.45. The van der Waals surface area contributed by atoms with Gasteiger partial charge in [-0.3, -0.25) is 14.5 Å². The molecule has 0 radical (unpaired) electrons. The summed E-state index contributed by atoms with van der Waals surface area (Å²) in [6, 6.07) is 5.64. The number of aromatic nitrogens is 2. The second-order valence-electron chi connectivity index (χ2n) is 7.18. The Bertz CT molecular complexity index is 1100. The highest BCUT2D eigenvalue weighted by Gasteiger charge is 2.39. The lowest BCUT2D eigenvalue weighted by atomic mass is 10.2. The normalized spacial score (nSPS) is 13.3. The number of halogens is 1. The number of carbonyl (C=O) groups is 2. The van der Waals surface area contributed by atoms with Crippen molar-refractivity contribution in [3.05, 3.63) is 57.7 Å². The summed E-state index contributed by atoms with van der Waals surface area (Å²) in [4.78, 5) is 31.8. The first kappa shape index (κ1) is 20.2. The largest absolute Gasteiger partial charge is 0.489 e. The molecule has 0 N–H and O–H groups in total. The van der Waals surface area contributed by atoms with E-state index in [0.29, 0.717) is 32.8 Å². The SMILES string of the molecule is CC(=O)c1sc(N(C(=O)c2noc(C)c2COc2ccc(F)cc2)C2CC2)nc1C. The molecule has 1 amide bonds. The van der Waals surface area contributed by atoms with Gasteiger partial charge < -0.3 is 9.26 Å². The zero-order chi connectivity index (χ0) is 21.4. The fourth-order valence-corrected chi connectivity index (χ4v) is 4.12. The van der Waals surface area contributed by atoms with Crippen LogP contribution in [0.3, 0.4) is 0 Å². The topological polar surface area (TPSA) is 85.5 Å². The van der Waals surface area contributed by atoms with E-state index in [4.69, 9.17) is 9.26 Å². The third-order valence-corrected chi connectivity index (χ3v) is 6.08. The molecule has 0 bridgehead atoms. The molecule has 30 heavy (non-hydrogen) atoms. The molecule has 3 aromatic rings. The minimum absolute atomic E-state index is 0.0192. The number of hydrogen-bond acceptors (Lipinski definition) is 7. The van der Waals surface area contributed by atoms with Crippen LogP contribution in [0, 0.1) is 19.7 Å². The fourth-order valence-electron chi connectivity index (χ4n) is 3.08. The van der Waals surface area contributed by atoms with Gasteiger partial charge in [0.15, 0.2) is 16.6 Å². The number of carbonyl (C=O) groups excluding carboxylic acids is 2. The van der Waals surface area contributed by atoms with E-state index in [2.05, 4.69) is 10.1 Å². The van der Waals surface area contributed by atoms with Gasteiger partial charge in [0.2, 0.25) is 0 Å². The number of aryl methyl sites for hydroxylation is 2. The summed E-state index contributed by atoms with van der Waals surface area (Å²) in [6.45, 7) is 5.00. The van der Waals surface area contributed by atoms with Gasteiger partial charge in [-0.25, -0.2) is 9.37 Å². The van der Waals surface area contributed by atoms with E-state index in [-0.39, 0.29) is 35.9 Å². The molecule has 156 valence electrons. The van der Waals surface area contributed by atoms with Gasteiger partial charge in [-0.15, -0.1) is 0 Å². The Labute approximate surface area is 176 Å². The number of amides is 1. The zero-order valence-corrected chi connectivity index (χ0v) is 17.6. The molecule has 4 rings (SSSR count). The molecular weight excluding hydrogens is 409 g/mol. The predicted molar refractivity (Wildman–Crippen MR) is 109 cm³/mol. The highest BCUT2D eigenvalue weighted by atomic mass is 32.1. The number of thiazole rings is 1. The second-order valence-corrected chi connectivity index (χ2v) is 8.16. The molecule has 0 atom stereocenters. The van der Waals surface area contributed by atoms with E-state index in [1.165, 1.54) is 42.5 Å². The van der Waals surface area contributed by atoms with Crippen LogP contribution in [0.5, 0.6) is 5.75 Å². The lowest BCUT2D eigenvalue weighted by Crippen LogP contribution is -2.34. The van der Waals surface area contributed by atoms with Crippen LogP contribution in [0.15, 0.2) is 28.8 Å². The number of Topliss-reactive ketones (excluding diaryl/α,β-unsaturated/α-hetero) is 1. The predicted octanol–water partition coefficient (Wildman–Crippen LogP) is 4.48. The monoisotopic (exact) mass is 429 g/mol. The van der Waals surface area contributed by atoms with Crippen LogP contribution in [0.25, 0.3) is 0 Å². The third kappa shape index (κ3) is 3.97. The van der Waals surface area contributed by atoms with E-state index >= 15 is 0 Å². The van der Waals surface area contributed by atoms with Crippen LogP contribution in [-0.2, 0) is 6.61 Å². The molecule has 0 aliphatic heterocycles. The molecule has 2 aromatic heterocycles. The van der Waals surface area contributed by atoms with Crippen LogP contribution in [0.1, 0.15) is 56.9 Å². The smallest absolute Gasteiger partial charge is 0.282 e. The van der Waals surface area contributed by atoms with E-state index in [1.807, 2.05) is 0 Å². The molecule has 0 saturated heterocycles. The lowest BCUT2D eigenvalue weighted by molar-refractivity contribution is 0.0972. The van der Waals surface area contributed by atoms with Gasteiger partial charge >= 0.3 is 0 Å². The maximum atomic E-state index is 13.4. The summed E-state index contributed by atoms with van der Waals surface area (Å²) >= 11 is 1.21. The molecule has 2 heterocycles. The molecule has 0 unspecified atom stereocenters. The van der Waals surface area contributed by atoms with Gasteiger partial charge in [-0.2, -0.15) is 0 Å². The van der Waals surface area contributed by atoms with Gasteiger partial charge in [0, 0.05) is 13.0 Å². The minimum atomic E-state index is -0.358. The maximum absolute atomic E-state index is 13.4. The molecule has 9 heteroatoms. The first-order valence-corrected chi connectivity index (χ1v) is 10.3. The lowest BCUT2D eigenvalue weighted by Gasteiger charge is -2.18. The summed E-state index contributed by atoms with van der Waals surface area (Å²) in [5.41, 5.74) is 1.28. The number of nitrogens with zero attached hydrogens (tertiary/aromatic N) is 3. The van der Waals surface area contributed by atoms with Gasteiger partial charge in [-0.1, -0.05) is 16.5 Å². The van der Waals surface area contributed by atoms with Gasteiger partial charge in [0.05, 0.1) is 16.1 Å². The van der Waals surface area contributed by atoms with Crippen molar-refractivity contribution in [3.8, 4) is 5.75 Å². The average Bonchev–Trinajstić information content (AvgIpc) is 3.36. The molecule has 1 aromatic carbocycles. The molecule has 1 aliphatic carbocycles. The Morgan fingerprint density at radius 3 is 2.57 bits per heavy atom. The van der Waals surface area contributed by atoms with E-state index in [0.717, 1.165) is 12.8 Å². The highest BCUT2D eigenvalue weighted by molar-refractivity contribution is 7.17. The van der Waals surface area contributed by atoms with Crippen molar-refractivity contribution in [1.82, 2.24) is 10.1 Å². The quantitative estimate of drug-likeness (QED) is 0.515. The number of ether oxygens (including phenoxy) is 1. The average molecular weight is 429 g/mol. The van der Waals surface area contributed by atoms with Gasteiger partial charge in [-0.05, 0) is 51.0 Å². The third-order valence-electron chi connectivity index (χ3n) is 4.83. The first-order chi connectivity index (χ1) is 14.3. The summed E-state index contributed by atoms with van der Waals surface area (Å²) in [6.07, 6.45) is 1.72. The highest BCUT2D eigenvalue weighted by Crippen LogP contribution is 2.37. The van der Waals surface area contributed by atoms with Crippen LogP contribution < -0.4 is 9.64 Å². The molecule has 1 aliphatic rings. The summed E-state index contributed by atoms with van der Waals surface area (Å²) in [5.74, 6) is 0.163.